The van der Waals surface area contributed by atoms with Gasteiger partial charge in [0.05, 0.1) is 11.0 Å². The van der Waals surface area contributed by atoms with Crippen LogP contribution < -0.4 is 11.1 Å². The Bertz CT molecular complexity index is 627. The van der Waals surface area contributed by atoms with Crippen LogP contribution in [0, 0.1) is 5.82 Å². The number of aromatic nitrogens is 2. The number of halogens is 1. The number of fused-ring (bicyclic) bond motifs is 1. The first-order valence-corrected chi connectivity index (χ1v) is 5.98. The summed E-state index contributed by atoms with van der Waals surface area (Å²) in [5.74, 6) is -0.344. The maximum Gasteiger partial charge on any atom is 0.240 e. The predicted octanol–water partition coefficient (Wildman–Crippen LogP) is 1.67. The van der Waals surface area contributed by atoms with E-state index in [1.54, 1.807) is 10.6 Å². The van der Waals surface area contributed by atoms with Crippen LogP contribution in [0.25, 0.3) is 11.0 Å². The van der Waals surface area contributed by atoms with Crippen molar-refractivity contribution in [3.05, 3.63) is 24.0 Å². The Morgan fingerprint density at radius 2 is 2.16 bits per heavy atom. The van der Waals surface area contributed by atoms with Crippen molar-refractivity contribution in [2.75, 3.05) is 5.73 Å². The van der Waals surface area contributed by atoms with Crippen LogP contribution in [0.3, 0.4) is 0 Å². The quantitative estimate of drug-likeness (QED) is 0.866. The number of hydrogen-bond acceptors (Lipinski definition) is 3. The average molecular weight is 264 g/mol. The zero-order chi connectivity index (χ0) is 14.2. The lowest BCUT2D eigenvalue weighted by atomic mass is 10.1. The number of hydrogen-bond donors (Lipinski definition) is 2. The number of carbonyl (C=O) groups is 1. The third-order valence-corrected chi connectivity index (χ3v) is 2.56. The SMILES string of the molecule is CC(C)(C)NC(=O)Cn1c(N)nc2cc(F)ccc21. The highest BCUT2D eigenvalue weighted by Crippen LogP contribution is 2.18. The van der Waals surface area contributed by atoms with Gasteiger partial charge in [0.25, 0.3) is 0 Å². The maximum absolute atomic E-state index is 13.1. The number of nitrogens with two attached hydrogens (primary N) is 1. The van der Waals surface area contributed by atoms with E-state index < -0.39 is 0 Å². The number of nitrogen functional groups attached to an aromatic ring is 1. The highest BCUT2D eigenvalue weighted by atomic mass is 19.1. The minimum Gasteiger partial charge on any atom is -0.369 e. The molecule has 102 valence electrons. The van der Waals surface area contributed by atoms with Gasteiger partial charge in [-0.2, -0.15) is 0 Å². The topological polar surface area (TPSA) is 72.9 Å². The number of benzene rings is 1. The molecule has 1 aromatic heterocycles. The summed E-state index contributed by atoms with van der Waals surface area (Å²) in [6.45, 7) is 5.76. The van der Waals surface area contributed by atoms with Crippen LogP contribution in [0.15, 0.2) is 18.2 Å². The number of nitrogens with one attached hydrogen (secondary N) is 1. The molecule has 0 unspecified atom stereocenters. The van der Waals surface area contributed by atoms with Crippen molar-refractivity contribution in [1.29, 1.82) is 0 Å². The van der Waals surface area contributed by atoms with E-state index in [-0.39, 0.29) is 29.8 Å². The van der Waals surface area contributed by atoms with Gasteiger partial charge in [-0.1, -0.05) is 0 Å². The highest BCUT2D eigenvalue weighted by Gasteiger charge is 2.16. The van der Waals surface area contributed by atoms with Gasteiger partial charge in [0.1, 0.15) is 12.4 Å². The van der Waals surface area contributed by atoms with Crippen molar-refractivity contribution in [3.8, 4) is 0 Å². The predicted molar refractivity (Wildman–Crippen MR) is 72.0 cm³/mol. The smallest absolute Gasteiger partial charge is 0.240 e. The van der Waals surface area contributed by atoms with Crippen LogP contribution in [0.2, 0.25) is 0 Å². The van der Waals surface area contributed by atoms with Gasteiger partial charge in [-0.25, -0.2) is 9.37 Å². The molecular weight excluding hydrogens is 247 g/mol. The Labute approximate surface area is 110 Å². The lowest BCUT2D eigenvalue weighted by molar-refractivity contribution is -0.122. The lowest BCUT2D eigenvalue weighted by Gasteiger charge is -2.20. The summed E-state index contributed by atoms with van der Waals surface area (Å²) in [5.41, 5.74) is 6.54. The molecule has 0 radical (unpaired) electrons. The summed E-state index contributed by atoms with van der Waals surface area (Å²) >= 11 is 0. The normalized spacial score (nSPS) is 11.8. The summed E-state index contributed by atoms with van der Waals surface area (Å²) in [7, 11) is 0. The molecule has 0 fully saturated rings. The van der Waals surface area contributed by atoms with Crippen molar-refractivity contribution < 1.29 is 9.18 Å². The lowest BCUT2D eigenvalue weighted by Crippen LogP contribution is -2.42. The molecule has 2 rings (SSSR count). The summed E-state index contributed by atoms with van der Waals surface area (Å²) in [6, 6.07) is 4.18. The van der Waals surface area contributed by atoms with Crippen LogP contribution in [0.1, 0.15) is 20.8 Å². The van der Waals surface area contributed by atoms with E-state index in [0.29, 0.717) is 11.0 Å². The van der Waals surface area contributed by atoms with E-state index in [2.05, 4.69) is 10.3 Å². The highest BCUT2D eigenvalue weighted by molar-refractivity contribution is 5.83. The van der Waals surface area contributed by atoms with Crippen LogP contribution in [0.4, 0.5) is 10.3 Å². The summed E-state index contributed by atoms with van der Waals surface area (Å²) in [6.07, 6.45) is 0. The molecule has 0 atom stereocenters. The van der Waals surface area contributed by atoms with Crippen molar-refractivity contribution >= 4 is 22.9 Å². The molecule has 0 bridgehead atoms. The van der Waals surface area contributed by atoms with Gasteiger partial charge in [-0.05, 0) is 32.9 Å². The van der Waals surface area contributed by atoms with Gasteiger partial charge < -0.3 is 15.6 Å². The first kappa shape index (κ1) is 13.3. The zero-order valence-electron chi connectivity index (χ0n) is 11.2. The van der Waals surface area contributed by atoms with Gasteiger partial charge in [0, 0.05) is 11.6 Å². The molecular formula is C13H17FN4O. The van der Waals surface area contributed by atoms with Crippen LogP contribution in [0.5, 0.6) is 0 Å². The fraction of sp³-hybridized carbons (Fsp3) is 0.385. The number of rotatable bonds is 2. The van der Waals surface area contributed by atoms with Gasteiger partial charge in [-0.15, -0.1) is 0 Å². The Balaban J connectivity index is 2.30. The van der Waals surface area contributed by atoms with Crippen LogP contribution in [-0.4, -0.2) is 21.0 Å². The second-order valence-electron chi connectivity index (χ2n) is 5.49. The fourth-order valence-corrected chi connectivity index (χ4v) is 1.89. The second-order valence-corrected chi connectivity index (χ2v) is 5.49. The molecule has 0 aliphatic heterocycles. The Morgan fingerprint density at radius 1 is 1.47 bits per heavy atom. The molecule has 0 spiro atoms. The van der Waals surface area contributed by atoms with Crippen LogP contribution in [-0.2, 0) is 11.3 Å². The second kappa shape index (κ2) is 4.53. The number of anilines is 1. The first-order valence-electron chi connectivity index (χ1n) is 5.98. The van der Waals surface area contributed by atoms with Crippen molar-refractivity contribution in [2.45, 2.75) is 32.9 Å². The third kappa shape index (κ3) is 3.01. The molecule has 19 heavy (non-hydrogen) atoms. The van der Waals surface area contributed by atoms with Gasteiger partial charge >= 0.3 is 0 Å². The van der Waals surface area contributed by atoms with E-state index in [4.69, 9.17) is 5.73 Å². The van der Waals surface area contributed by atoms with Gasteiger partial charge in [0.15, 0.2) is 0 Å². The van der Waals surface area contributed by atoms with E-state index in [1.165, 1.54) is 12.1 Å². The molecule has 1 aromatic carbocycles. The molecule has 0 saturated carbocycles. The minimum absolute atomic E-state index is 0.0607. The summed E-state index contributed by atoms with van der Waals surface area (Å²) < 4.78 is 14.7. The van der Waals surface area contributed by atoms with E-state index >= 15 is 0 Å². The van der Waals surface area contributed by atoms with E-state index in [1.807, 2.05) is 20.8 Å². The third-order valence-electron chi connectivity index (χ3n) is 2.56. The van der Waals surface area contributed by atoms with Crippen LogP contribution >= 0.6 is 0 Å². The Hall–Kier alpha value is -2.11. The standard InChI is InChI=1S/C13H17FN4O/c1-13(2,3)17-11(19)7-18-10-5-4-8(14)6-9(10)16-12(18)15/h4-6H,7H2,1-3H3,(H2,15,16)(H,17,19). The van der Waals surface area contributed by atoms with Crippen molar-refractivity contribution in [2.24, 2.45) is 0 Å². The minimum atomic E-state index is -0.378. The molecule has 0 aliphatic carbocycles. The number of carbonyl (C=O) groups excluding carboxylic acids is 1. The Kier molecular flexibility index (Phi) is 3.18. The summed E-state index contributed by atoms with van der Waals surface area (Å²) in [4.78, 5) is 15.9. The molecule has 2 aromatic rings. The molecule has 1 heterocycles. The van der Waals surface area contributed by atoms with Gasteiger partial charge in [0.2, 0.25) is 11.9 Å². The molecule has 6 heteroatoms. The first-order chi connectivity index (χ1) is 8.76. The molecule has 0 saturated heterocycles. The van der Waals surface area contributed by atoms with Gasteiger partial charge in [-0.3, -0.25) is 4.79 Å². The van der Waals surface area contributed by atoms with E-state index in [0.717, 1.165) is 0 Å². The Morgan fingerprint density at radius 3 is 2.79 bits per heavy atom. The fourth-order valence-electron chi connectivity index (χ4n) is 1.89. The van der Waals surface area contributed by atoms with E-state index in [9.17, 15) is 9.18 Å². The molecule has 0 aliphatic rings. The van der Waals surface area contributed by atoms with Crippen molar-refractivity contribution in [1.82, 2.24) is 14.9 Å². The monoisotopic (exact) mass is 264 g/mol. The number of imidazole rings is 1. The molecule has 5 nitrogen and oxygen atoms in total. The largest absolute Gasteiger partial charge is 0.369 e. The van der Waals surface area contributed by atoms with Crippen molar-refractivity contribution in [3.63, 3.8) is 0 Å². The maximum atomic E-state index is 13.1. The number of amides is 1. The molecule has 1 amide bonds. The average Bonchev–Trinajstić information content (AvgIpc) is 2.51. The summed E-state index contributed by atoms with van der Waals surface area (Å²) in [5, 5.41) is 2.84. The number of nitrogens with zero attached hydrogens (tertiary/aromatic N) is 2. The zero-order valence-corrected chi connectivity index (χ0v) is 11.2. The molecule has 3 N–H and O–H groups in total.